The number of pyridine rings is 1. The fourth-order valence-electron chi connectivity index (χ4n) is 3.47. The van der Waals surface area contributed by atoms with E-state index in [4.69, 9.17) is 16.3 Å². The van der Waals surface area contributed by atoms with Crippen LogP contribution in [0.25, 0.3) is 11.1 Å². The maximum Gasteiger partial charge on any atom is 0.127 e. The van der Waals surface area contributed by atoms with Crippen LogP contribution in [0.3, 0.4) is 0 Å². The Kier molecular flexibility index (Phi) is 5.21. The van der Waals surface area contributed by atoms with Crippen LogP contribution in [0.4, 0.5) is 4.39 Å². The van der Waals surface area contributed by atoms with Gasteiger partial charge in [-0.15, -0.1) is 0 Å². The van der Waals surface area contributed by atoms with Crippen molar-refractivity contribution >= 4 is 22.7 Å². The van der Waals surface area contributed by atoms with Crippen molar-refractivity contribution in [2.75, 3.05) is 0 Å². The van der Waals surface area contributed by atoms with Crippen molar-refractivity contribution in [2.45, 2.75) is 25.9 Å². The lowest BCUT2D eigenvalue weighted by Gasteiger charge is -2.15. The molecule has 0 aliphatic heterocycles. The minimum atomic E-state index is -0.248. The van der Waals surface area contributed by atoms with Gasteiger partial charge in [0.15, 0.2) is 0 Å². The SMILES string of the molecule is Fc1ccc(COc2ccc(Cl)cc2C2=C(c3ccccn3)CCC2)cc1. The number of aromatic nitrogens is 1. The molecule has 136 valence electrons. The molecule has 2 nitrogen and oxygen atoms in total. The Morgan fingerprint density at radius 1 is 0.963 bits per heavy atom. The lowest BCUT2D eigenvalue weighted by atomic mass is 9.99. The summed E-state index contributed by atoms with van der Waals surface area (Å²) in [4.78, 5) is 4.52. The predicted molar refractivity (Wildman–Crippen MR) is 107 cm³/mol. The number of rotatable bonds is 5. The van der Waals surface area contributed by atoms with Crippen LogP contribution in [0.15, 0.2) is 66.9 Å². The maximum atomic E-state index is 13.1. The maximum absolute atomic E-state index is 13.1. The summed E-state index contributed by atoms with van der Waals surface area (Å²) < 4.78 is 19.2. The van der Waals surface area contributed by atoms with Crippen molar-refractivity contribution in [1.29, 1.82) is 0 Å². The molecule has 0 bridgehead atoms. The highest BCUT2D eigenvalue weighted by molar-refractivity contribution is 6.30. The van der Waals surface area contributed by atoms with Gasteiger partial charge in [0.2, 0.25) is 0 Å². The van der Waals surface area contributed by atoms with Crippen LogP contribution >= 0.6 is 11.6 Å². The Hall–Kier alpha value is -2.65. The van der Waals surface area contributed by atoms with Gasteiger partial charge >= 0.3 is 0 Å². The zero-order valence-corrected chi connectivity index (χ0v) is 15.5. The summed E-state index contributed by atoms with van der Waals surface area (Å²) in [6.07, 6.45) is 4.88. The van der Waals surface area contributed by atoms with Gasteiger partial charge in [0, 0.05) is 16.8 Å². The van der Waals surface area contributed by atoms with E-state index in [1.54, 1.807) is 12.1 Å². The van der Waals surface area contributed by atoms with Gasteiger partial charge in [-0.25, -0.2) is 4.39 Å². The second kappa shape index (κ2) is 7.93. The van der Waals surface area contributed by atoms with Crippen molar-refractivity contribution in [2.24, 2.45) is 0 Å². The molecule has 0 amide bonds. The van der Waals surface area contributed by atoms with Crippen LogP contribution in [0.5, 0.6) is 5.75 Å². The average molecular weight is 380 g/mol. The Labute approximate surface area is 163 Å². The molecule has 0 N–H and O–H groups in total. The minimum absolute atomic E-state index is 0.248. The van der Waals surface area contributed by atoms with Gasteiger partial charge < -0.3 is 4.74 Å². The number of benzene rings is 2. The summed E-state index contributed by atoms with van der Waals surface area (Å²) >= 11 is 6.29. The standard InChI is InChI=1S/C23H19ClFNO/c24-17-9-12-23(27-15-16-7-10-18(25)11-8-16)21(14-17)19-4-3-5-20(19)22-6-1-2-13-26-22/h1-2,6-14H,3-5,15H2. The van der Waals surface area contributed by atoms with Crippen molar-refractivity contribution < 1.29 is 9.13 Å². The topological polar surface area (TPSA) is 22.1 Å². The fourth-order valence-corrected chi connectivity index (χ4v) is 3.64. The second-order valence-corrected chi connectivity index (χ2v) is 7.02. The highest BCUT2D eigenvalue weighted by atomic mass is 35.5. The van der Waals surface area contributed by atoms with E-state index < -0.39 is 0 Å². The highest BCUT2D eigenvalue weighted by Gasteiger charge is 2.21. The van der Waals surface area contributed by atoms with Gasteiger partial charge in [0.1, 0.15) is 18.2 Å². The molecular weight excluding hydrogens is 361 g/mol. The van der Waals surface area contributed by atoms with Gasteiger partial charge in [0.25, 0.3) is 0 Å². The smallest absolute Gasteiger partial charge is 0.127 e. The van der Waals surface area contributed by atoms with Crippen LogP contribution in [-0.4, -0.2) is 4.98 Å². The third kappa shape index (κ3) is 4.04. The lowest BCUT2D eigenvalue weighted by molar-refractivity contribution is 0.305. The summed E-state index contributed by atoms with van der Waals surface area (Å²) in [7, 11) is 0. The Balaban J connectivity index is 1.68. The van der Waals surface area contributed by atoms with Gasteiger partial charge in [-0.2, -0.15) is 0 Å². The number of ether oxygens (including phenoxy) is 1. The minimum Gasteiger partial charge on any atom is -0.488 e. The van der Waals surface area contributed by atoms with E-state index in [-0.39, 0.29) is 5.82 Å². The van der Waals surface area contributed by atoms with E-state index in [1.165, 1.54) is 23.3 Å². The summed E-state index contributed by atoms with van der Waals surface area (Å²) in [6, 6.07) is 18.0. The number of nitrogens with zero attached hydrogens (tertiary/aromatic N) is 1. The average Bonchev–Trinajstić information content (AvgIpc) is 3.18. The van der Waals surface area contributed by atoms with E-state index in [0.29, 0.717) is 11.6 Å². The molecule has 1 aliphatic rings. The molecule has 27 heavy (non-hydrogen) atoms. The van der Waals surface area contributed by atoms with E-state index in [2.05, 4.69) is 4.98 Å². The van der Waals surface area contributed by atoms with Crippen LogP contribution in [0.1, 0.15) is 36.1 Å². The molecule has 1 heterocycles. The quantitative estimate of drug-likeness (QED) is 0.501. The van der Waals surface area contributed by atoms with Crippen LogP contribution in [-0.2, 0) is 6.61 Å². The third-order valence-electron chi connectivity index (χ3n) is 4.77. The first-order valence-corrected chi connectivity index (χ1v) is 9.39. The molecule has 0 fully saturated rings. The summed E-state index contributed by atoms with van der Waals surface area (Å²) in [5.74, 6) is 0.538. The molecule has 1 aromatic heterocycles. The zero-order valence-electron chi connectivity index (χ0n) is 14.8. The predicted octanol–water partition coefficient (Wildman–Crippen LogP) is 6.55. The van der Waals surface area contributed by atoms with E-state index in [0.717, 1.165) is 41.8 Å². The van der Waals surface area contributed by atoms with Crippen LogP contribution in [0, 0.1) is 5.82 Å². The molecule has 3 aromatic rings. The molecule has 0 radical (unpaired) electrons. The molecule has 4 heteroatoms. The van der Waals surface area contributed by atoms with Gasteiger partial charge in [-0.1, -0.05) is 29.8 Å². The van der Waals surface area contributed by atoms with Crippen LogP contribution in [0.2, 0.25) is 5.02 Å². The number of hydrogen-bond donors (Lipinski definition) is 0. The zero-order chi connectivity index (χ0) is 18.6. The normalized spacial score (nSPS) is 13.9. The number of allylic oxidation sites excluding steroid dienone is 2. The Morgan fingerprint density at radius 2 is 1.78 bits per heavy atom. The van der Waals surface area contributed by atoms with Gasteiger partial charge in [-0.05, 0) is 78.4 Å². The highest BCUT2D eigenvalue weighted by Crippen LogP contribution is 2.43. The first-order chi connectivity index (χ1) is 13.2. The Bertz CT molecular complexity index is 967. The summed E-state index contributed by atoms with van der Waals surface area (Å²) in [5.41, 5.74) is 5.44. The molecule has 1 aliphatic carbocycles. The second-order valence-electron chi connectivity index (χ2n) is 6.58. The molecule has 0 unspecified atom stereocenters. The number of halogens is 2. The molecule has 0 spiro atoms. The monoisotopic (exact) mass is 379 g/mol. The Morgan fingerprint density at radius 3 is 2.56 bits per heavy atom. The van der Waals surface area contributed by atoms with Crippen molar-refractivity contribution in [3.63, 3.8) is 0 Å². The first-order valence-electron chi connectivity index (χ1n) is 9.01. The van der Waals surface area contributed by atoms with E-state index in [9.17, 15) is 4.39 Å². The van der Waals surface area contributed by atoms with E-state index in [1.807, 2.05) is 42.6 Å². The molecule has 4 rings (SSSR count). The molecule has 0 saturated carbocycles. The fraction of sp³-hybridized carbons (Fsp3) is 0.174. The van der Waals surface area contributed by atoms with Crippen molar-refractivity contribution in [1.82, 2.24) is 4.98 Å². The molecule has 0 atom stereocenters. The molecular formula is C23H19ClFNO. The van der Waals surface area contributed by atoms with Crippen LogP contribution < -0.4 is 4.74 Å². The molecule has 2 aromatic carbocycles. The molecule has 0 saturated heterocycles. The largest absolute Gasteiger partial charge is 0.488 e. The lowest BCUT2D eigenvalue weighted by Crippen LogP contribution is -1.99. The number of hydrogen-bond acceptors (Lipinski definition) is 2. The first kappa shape index (κ1) is 17.7. The van der Waals surface area contributed by atoms with Crippen molar-refractivity contribution in [3.05, 3.63) is 94.5 Å². The van der Waals surface area contributed by atoms with Gasteiger partial charge in [0.05, 0.1) is 5.69 Å². The van der Waals surface area contributed by atoms with Crippen molar-refractivity contribution in [3.8, 4) is 5.75 Å². The summed E-state index contributed by atoms with van der Waals surface area (Å²) in [5, 5.41) is 0.680. The van der Waals surface area contributed by atoms with E-state index >= 15 is 0 Å². The third-order valence-corrected chi connectivity index (χ3v) is 5.00. The van der Waals surface area contributed by atoms with Gasteiger partial charge in [-0.3, -0.25) is 4.98 Å². The summed E-state index contributed by atoms with van der Waals surface area (Å²) in [6.45, 7) is 0.376.